The van der Waals surface area contributed by atoms with Gasteiger partial charge in [0.05, 0.1) is 11.3 Å². The second-order valence-electron chi connectivity index (χ2n) is 4.51. The molecule has 3 N–H and O–H groups in total. The van der Waals surface area contributed by atoms with Gasteiger partial charge in [0.2, 0.25) is 0 Å². The van der Waals surface area contributed by atoms with E-state index in [0.29, 0.717) is 15.7 Å². The first kappa shape index (κ1) is 17.1. The van der Waals surface area contributed by atoms with Gasteiger partial charge in [-0.25, -0.2) is 9.18 Å². The number of hydrogen-bond donors (Lipinski definition) is 3. The van der Waals surface area contributed by atoms with Crippen LogP contribution < -0.4 is 16.0 Å². The van der Waals surface area contributed by atoms with Crippen molar-refractivity contribution in [1.82, 2.24) is 5.32 Å². The van der Waals surface area contributed by atoms with Crippen molar-refractivity contribution in [3.63, 3.8) is 0 Å². The minimum absolute atomic E-state index is 0.0370. The summed E-state index contributed by atoms with van der Waals surface area (Å²) < 4.78 is 13.4. The molecule has 0 bridgehead atoms. The molecule has 23 heavy (non-hydrogen) atoms. The van der Waals surface area contributed by atoms with E-state index in [-0.39, 0.29) is 11.3 Å². The van der Waals surface area contributed by atoms with E-state index in [1.807, 2.05) is 0 Å². The number of carbonyl (C=O) groups is 2. The van der Waals surface area contributed by atoms with Gasteiger partial charge in [0.25, 0.3) is 5.91 Å². The molecular weight excluding hydrogens is 344 g/mol. The van der Waals surface area contributed by atoms with Crippen LogP contribution >= 0.6 is 23.2 Å². The van der Waals surface area contributed by atoms with Crippen molar-refractivity contribution in [2.45, 2.75) is 0 Å². The number of nitrogens with one attached hydrogen (secondary N) is 3. The highest BCUT2D eigenvalue weighted by molar-refractivity contribution is 6.35. The third-order valence-corrected chi connectivity index (χ3v) is 3.26. The van der Waals surface area contributed by atoms with Gasteiger partial charge in [-0.3, -0.25) is 4.79 Å². The van der Waals surface area contributed by atoms with Crippen molar-refractivity contribution in [3.05, 3.63) is 57.8 Å². The van der Waals surface area contributed by atoms with Crippen LogP contribution in [0.15, 0.2) is 36.4 Å². The van der Waals surface area contributed by atoms with Crippen LogP contribution in [0.2, 0.25) is 10.0 Å². The van der Waals surface area contributed by atoms with Crippen molar-refractivity contribution < 1.29 is 14.0 Å². The molecule has 5 nitrogen and oxygen atoms in total. The summed E-state index contributed by atoms with van der Waals surface area (Å²) in [6, 6.07) is 7.30. The van der Waals surface area contributed by atoms with Crippen molar-refractivity contribution in [2.24, 2.45) is 0 Å². The van der Waals surface area contributed by atoms with E-state index < -0.39 is 17.8 Å². The Labute approximate surface area is 141 Å². The third-order valence-electron chi connectivity index (χ3n) is 2.82. The lowest BCUT2D eigenvalue weighted by molar-refractivity contribution is 0.0964. The summed E-state index contributed by atoms with van der Waals surface area (Å²) in [6.45, 7) is 0. The quantitative estimate of drug-likeness (QED) is 0.774. The molecule has 0 spiro atoms. The number of anilines is 2. The molecule has 2 aromatic rings. The fourth-order valence-corrected chi connectivity index (χ4v) is 2.39. The Bertz CT molecular complexity index is 748. The topological polar surface area (TPSA) is 70.2 Å². The third kappa shape index (κ3) is 4.58. The molecule has 0 saturated heterocycles. The van der Waals surface area contributed by atoms with Gasteiger partial charge in [0, 0.05) is 22.8 Å². The summed E-state index contributed by atoms with van der Waals surface area (Å²) in [6.07, 6.45) is 0. The van der Waals surface area contributed by atoms with Gasteiger partial charge >= 0.3 is 6.03 Å². The van der Waals surface area contributed by atoms with Gasteiger partial charge in [-0.1, -0.05) is 23.2 Å². The number of urea groups is 1. The molecule has 0 fully saturated rings. The van der Waals surface area contributed by atoms with E-state index in [0.717, 1.165) is 12.1 Å². The Kier molecular flexibility index (Phi) is 5.41. The zero-order valence-corrected chi connectivity index (χ0v) is 13.4. The van der Waals surface area contributed by atoms with Crippen molar-refractivity contribution in [1.29, 1.82) is 0 Å². The van der Waals surface area contributed by atoms with Gasteiger partial charge < -0.3 is 16.0 Å². The zero-order chi connectivity index (χ0) is 17.0. The minimum Gasteiger partial charge on any atom is -0.355 e. The van der Waals surface area contributed by atoms with E-state index in [1.165, 1.54) is 31.3 Å². The van der Waals surface area contributed by atoms with Crippen LogP contribution in [0.5, 0.6) is 0 Å². The number of halogens is 3. The normalized spacial score (nSPS) is 10.1. The first-order chi connectivity index (χ1) is 10.9. The SMILES string of the molecule is CNC(=O)c1ccc(F)cc1NC(=O)Nc1cc(Cl)cc(Cl)c1. The smallest absolute Gasteiger partial charge is 0.323 e. The van der Waals surface area contributed by atoms with Gasteiger partial charge in [0.15, 0.2) is 0 Å². The summed E-state index contributed by atoms with van der Waals surface area (Å²) in [5.41, 5.74) is 0.529. The standard InChI is InChI=1S/C15H12Cl2FN3O2/c1-19-14(22)12-3-2-10(18)7-13(12)21-15(23)20-11-5-8(16)4-9(17)6-11/h2-7H,1H3,(H,19,22)(H2,20,21,23). The molecular formula is C15H12Cl2FN3O2. The number of rotatable bonds is 3. The Morgan fingerprint density at radius 2 is 1.65 bits per heavy atom. The highest BCUT2D eigenvalue weighted by Crippen LogP contribution is 2.23. The van der Waals surface area contributed by atoms with Crippen molar-refractivity contribution >= 4 is 46.5 Å². The van der Waals surface area contributed by atoms with E-state index in [4.69, 9.17) is 23.2 Å². The lowest BCUT2D eigenvalue weighted by Crippen LogP contribution is -2.24. The molecule has 0 aliphatic heterocycles. The van der Waals surface area contributed by atoms with Crippen LogP contribution in [0.25, 0.3) is 0 Å². The predicted octanol–water partition coefficient (Wildman–Crippen LogP) is 4.14. The van der Waals surface area contributed by atoms with Crippen LogP contribution in [0.3, 0.4) is 0 Å². The second-order valence-corrected chi connectivity index (χ2v) is 5.38. The van der Waals surface area contributed by atoms with Gasteiger partial charge in [-0.05, 0) is 36.4 Å². The molecule has 0 saturated carbocycles. The number of hydrogen-bond acceptors (Lipinski definition) is 2. The fourth-order valence-electron chi connectivity index (χ4n) is 1.86. The molecule has 0 radical (unpaired) electrons. The van der Waals surface area contributed by atoms with Crippen molar-refractivity contribution in [3.8, 4) is 0 Å². The summed E-state index contributed by atoms with van der Waals surface area (Å²) >= 11 is 11.7. The molecule has 0 aliphatic carbocycles. The van der Waals surface area contributed by atoms with E-state index >= 15 is 0 Å². The van der Waals surface area contributed by atoms with Crippen LogP contribution in [0, 0.1) is 5.82 Å². The lowest BCUT2D eigenvalue weighted by atomic mass is 10.1. The van der Waals surface area contributed by atoms with E-state index in [9.17, 15) is 14.0 Å². The first-order valence-electron chi connectivity index (χ1n) is 6.45. The largest absolute Gasteiger partial charge is 0.355 e. The van der Waals surface area contributed by atoms with Crippen molar-refractivity contribution in [2.75, 3.05) is 17.7 Å². The number of carbonyl (C=O) groups excluding carboxylic acids is 2. The second kappa shape index (κ2) is 7.30. The van der Waals surface area contributed by atoms with Crippen LogP contribution in [-0.4, -0.2) is 19.0 Å². The highest BCUT2D eigenvalue weighted by Gasteiger charge is 2.13. The maximum absolute atomic E-state index is 13.4. The first-order valence-corrected chi connectivity index (χ1v) is 7.20. The Hall–Kier alpha value is -2.31. The summed E-state index contributed by atoms with van der Waals surface area (Å²) in [5.74, 6) is -1.04. The molecule has 0 atom stereocenters. The minimum atomic E-state index is -0.668. The molecule has 2 aromatic carbocycles. The molecule has 0 aromatic heterocycles. The van der Waals surface area contributed by atoms with E-state index in [1.54, 1.807) is 0 Å². The molecule has 2 rings (SSSR count). The number of benzene rings is 2. The molecule has 120 valence electrons. The Morgan fingerprint density at radius 1 is 1.00 bits per heavy atom. The average Bonchev–Trinajstić information content (AvgIpc) is 2.45. The number of amides is 3. The van der Waals surface area contributed by atoms with Crippen LogP contribution in [-0.2, 0) is 0 Å². The molecule has 0 unspecified atom stereocenters. The van der Waals surface area contributed by atoms with E-state index in [2.05, 4.69) is 16.0 Å². The monoisotopic (exact) mass is 355 g/mol. The predicted molar refractivity (Wildman–Crippen MR) is 88.9 cm³/mol. The maximum Gasteiger partial charge on any atom is 0.323 e. The van der Waals surface area contributed by atoms with Crippen LogP contribution in [0.1, 0.15) is 10.4 Å². The summed E-state index contributed by atoms with van der Waals surface area (Å²) in [5, 5.41) is 8.03. The molecule has 0 heterocycles. The van der Waals surface area contributed by atoms with Gasteiger partial charge in [0.1, 0.15) is 5.82 Å². The summed E-state index contributed by atoms with van der Waals surface area (Å²) in [4.78, 5) is 23.8. The lowest BCUT2D eigenvalue weighted by Gasteiger charge is -2.12. The Morgan fingerprint density at radius 3 is 2.26 bits per heavy atom. The zero-order valence-electron chi connectivity index (χ0n) is 11.9. The maximum atomic E-state index is 13.4. The van der Waals surface area contributed by atoms with Crippen LogP contribution in [0.4, 0.5) is 20.6 Å². The fraction of sp³-hybridized carbons (Fsp3) is 0.0667. The molecule has 8 heteroatoms. The highest BCUT2D eigenvalue weighted by atomic mass is 35.5. The summed E-state index contributed by atoms with van der Waals surface area (Å²) in [7, 11) is 1.43. The molecule has 3 amide bonds. The average molecular weight is 356 g/mol. The van der Waals surface area contributed by atoms with Gasteiger partial charge in [-0.2, -0.15) is 0 Å². The Balaban J connectivity index is 2.19. The molecule has 0 aliphatic rings. The van der Waals surface area contributed by atoms with Gasteiger partial charge in [-0.15, -0.1) is 0 Å².